The van der Waals surface area contributed by atoms with Crippen molar-refractivity contribution in [3.63, 3.8) is 0 Å². The van der Waals surface area contributed by atoms with Gasteiger partial charge in [-0.05, 0) is 85.7 Å². The first-order valence-electron chi connectivity index (χ1n) is 24.6. The first-order valence-corrected chi connectivity index (χ1v) is 26.2. The van der Waals surface area contributed by atoms with E-state index in [2.05, 4.69) is 105 Å². The van der Waals surface area contributed by atoms with Gasteiger partial charge in [-0.2, -0.15) is 5.10 Å². The molecule has 70 heavy (non-hydrogen) atoms. The molecule has 2 amide bonds. The van der Waals surface area contributed by atoms with E-state index in [9.17, 15) is 24.6 Å². The molecule has 2 atom stereocenters. The number of nitrogens with zero attached hydrogens (tertiary/aromatic N) is 8. The minimum atomic E-state index is -1.15. The molecule has 0 radical (unpaired) electrons. The second-order valence-corrected chi connectivity index (χ2v) is 21.3. The summed E-state index contributed by atoms with van der Waals surface area (Å²) in [7, 11) is 1.79. The zero-order valence-electron chi connectivity index (χ0n) is 40.1. The number of benzene rings is 4. The predicted molar refractivity (Wildman–Crippen MR) is 282 cm³/mol. The number of fused-ring (bicyclic) bond motifs is 4. The number of carbonyl (C=O) groups is 2. The number of rotatable bonds is 18. The highest BCUT2D eigenvalue weighted by atomic mass is 79.9. The van der Waals surface area contributed by atoms with Gasteiger partial charge in [-0.15, -0.1) is 0 Å². The van der Waals surface area contributed by atoms with Crippen LogP contribution in [-0.4, -0.2) is 125 Å². The van der Waals surface area contributed by atoms with E-state index in [4.69, 9.17) is 0 Å². The number of β-amino-alcohol motifs (C(OH)–C–C–N with tert-alkyl or cyclic N) is 1. The molecule has 2 saturated heterocycles. The van der Waals surface area contributed by atoms with Crippen molar-refractivity contribution >= 4 is 76.5 Å². The summed E-state index contributed by atoms with van der Waals surface area (Å²) in [6.07, 6.45) is 5.49. The number of piperidine rings is 1. The van der Waals surface area contributed by atoms with Gasteiger partial charge in [0.1, 0.15) is 5.52 Å². The maximum atomic E-state index is 13.7. The number of nitrogens with one attached hydrogen (secondary N) is 1. The number of aryl methyl sites for hydroxylation is 1. The van der Waals surface area contributed by atoms with Crippen LogP contribution in [0, 0.1) is 0 Å². The van der Waals surface area contributed by atoms with Gasteiger partial charge < -0.3 is 29.9 Å². The Morgan fingerprint density at radius 2 is 1.46 bits per heavy atom. The average Bonchev–Trinajstić information content (AvgIpc) is 3.85. The smallest absolute Gasteiger partial charge is 0.281 e. The number of amides is 2. The highest BCUT2D eigenvalue weighted by Gasteiger charge is 2.35. The molecule has 5 heterocycles. The predicted octanol–water partition coefficient (Wildman–Crippen LogP) is 7.83. The van der Waals surface area contributed by atoms with Crippen molar-refractivity contribution in [3.05, 3.63) is 128 Å². The van der Waals surface area contributed by atoms with E-state index >= 15 is 0 Å². The van der Waals surface area contributed by atoms with Crippen molar-refractivity contribution in [1.82, 2.24) is 43.9 Å². The van der Waals surface area contributed by atoms with Crippen LogP contribution in [0.1, 0.15) is 68.9 Å². The largest absolute Gasteiger partial charge is 0.390 e. The van der Waals surface area contributed by atoms with E-state index in [1.54, 1.807) is 11.7 Å². The van der Waals surface area contributed by atoms with Gasteiger partial charge in [-0.25, -0.2) is 4.98 Å². The molecule has 0 bridgehead atoms. The average molecular weight is 1080 g/mol. The Kier molecular flexibility index (Phi) is 15.7. The lowest BCUT2D eigenvalue weighted by Gasteiger charge is -2.38. The summed E-state index contributed by atoms with van der Waals surface area (Å²) in [6, 6.07) is 30.5. The number of hydrogen-bond acceptors (Lipinski definition) is 9. The fourth-order valence-corrected chi connectivity index (χ4v) is 11.1. The number of carbonyl (C=O) groups excluding carboxylic acids is 2. The van der Waals surface area contributed by atoms with Crippen molar-refractivity contribution in [1.29, 1.82) is 0 Å². The van der Waals surface area contributed by atoms with Crippen molar-refractivity contribution in [3.8, 4) is 11.3 Å². The Balaban J connectivity index is 0.676. The molecule has 0 saturated carbocycles. The lowest BCUT2D eigenvalue weighted by Crippen LogP contribution is -2.49. The molecule has 16 heteroatoms. The molecule has 0 unspecified atom stereocenters. The molecular formula is C54H63Br2N9O5. The van der Waals surface area contributed by atoms with Crippen molar-refractivity contribution in [2.45, 2.75) is 89.1 Å². The lowest BCUT2D eigenvalue weighted by atomic mass is 9.90. The molecule has 4 aromatic carbocycles. The minimum Gasteiger partial charge on any atom is -0.390 e. The second-order valence-electron chi connectivity index (χ2n) is 19.5. The first kappa shape index (κ1) is 49.7. The molecule has 2 fully saturated rings. The zero-order valence-corrected chi connectivity index (χ0v) is 43.2. The third kappa shape index (κ3) is 11.6. The summed E-state index contributed by atoms with van der Waals surface area (Å²) < 4.78 is 7.42. The van der Waals surface area contributed by atoms with Crippen LogP contribution in [-0.2, 0) is 36.3 Å². The Hall–Kier alpha value is -5.23. The SMILES string of the molecule is C[C@H](CC(=O)N1CCC(O)(Cn2cnc3c(-c4ccc(CNC(=O)CCCCCN5CCN(C[C@@H](O)Cn6c7ccc(Br)cc7c7cc(Br)ccc76)CC5)cc4)n(C)nc3c2=O)CC1)c1ccccc1. The van der Waals surface area contributed by atoms with E-state index in [1.165, 1.54) is 21.7 Å². The van der Waals surface area contributed by atoms with Crippen LogP contribution in [0.4, 0.5) is 0 Å². The van der Waals surface area contributed by atoms with Gasteiger partial charge in [0.25, 0.3) is 5.56 Å². The van der Waals surface area contributed by atoms with Gasteiger partial charge in [0.05, 0.1) is 36.8 Å². The molecule has 2 aliphatic rings. The van der Waals surface area contributed by atoms with E-state index in [-0.39, 0.29) is 35.4 Å². The summed E-state index contributed by atoms with van der Waals surface area (Å²) in [4.78, 5) is 51.0. The number of hydrogen-bond donors (Lipinski definition) is 3. The molecule has 3 aromatic heterocycles. The molecule has 14 nitrogen and oxygen atoms in total. The topological polar surface area (TPSA) is 154 Å². The van der Waals surface area contributed by atoms with Gasteiger partial charge in [0.2, 0.25) is 11.8 Å². The fourth-order valence-electron chi connectivity index (χ4n) is 10.3. The lowest BCUT2D eigenvalue weighted by molar-refractivity contribution is -0.136. The number of aliphatic hydroxyl groups excluding tert-OH is 1. The molecule has 0 aliphatic carbocycles. The van der Waals surface area contributed by atoms with E-state index in [0.29, 0.717) is 69.6 Å². The molecule has 368 valence electrons. The Morgan fingerprint density at radius 3 is 2.13 bits per heavy atom. The molecule has 3 N–H and O–H groups in total. The van der Waals surface area contributed by atoms with Gasteiger partial charge in [0.15, 0.2) is 5.52 Å². The molecular weight excluding hydrogens is 1010 g/mol. The van der Waals surface area contributed by atoms with Crippen molar-refractivity contribution in [2.24, 2.45) is 7.05 Å². The van der Waals surface area contributed by atoms with Crippen LogP contribution < -0.4 is 10.9 Å². The minimum absolute atomic E-state index is 0.0353. The summed E-state index contributed by atoms with van der Waals surface area (Å²) in [5.74, 6) is 0.209. The van der Waals surface area contributed by atoms with Crippen molar-refractivity contribution in [2.75, 3.05) is 52.4 Å². The summed E-state index contributed by atoms with van der Waals surface area (Å²) >= 11 is 7.25. The van der Waals surface area contributed by atoms with E-state index in [0.717, 1.165) is 88.7 Å². The Morgan fingerprint density at radius 1 is 0.800 bits per heavy atom. The molecule has 9 rings (SSSR count). The first-order chi connectivity index (χ1) is 33.8. The Labute approximate surface area is 425 Å². The molecule has 7 aromatic rings. The number of unbranched alkanes of at least 4 members (excludes halogenated alkanes) is 2. The molecule has 0 spiro atoms. The second kappa shape index (κ2) is 22.0. The third-order valence-corrected chi connectivity index (χ3v) is 15.4. The third-order valence-electron chi connectivity index (χ3n) is 14.4. The van der Waals surface area contributed by atoms with Crippen LogP contribution in [0.3, 0.4) is 0 Å². The maximum absolute atomic E-state index is 13.7. The monoisotopic (exact) mass is 1080 g/mol. The summed E-state index contributed by atoms with van der Waals surface area (Å²) in [6.45, 7) is 9.39. The Bertz CT molecular complexity index is 2950. The maximum Gasteiger partial charge on any atom is 0.281 e. The zero-order chi connectivity index (χ0) is 48.9. The van der Waals surface area contributed by atoms with Gasteiger partial charge in [-0.3, -0.25) is 28.5 Å². The quantitative estimate of drug-likeness (QED) is 0.0730. The van der Waals surface area contributed by atoms with Gasteiger partial charge in [-0.1, -0.05) is 99.8 Å². The van der Waals surface area contributed by atoms with Crippen LogP contribution in [0.25, 0.3) is 44.1 Å². The fraction of sp³-hybridized carbons (Fsp3) is 0.426. The summed E-state index contributed by atoms with van der Waals surface area (Å²) in [5.41, 5.74) is 5.13. The number of piperazine rings is 1. The van der Waals surface area contributed by atoms with Crippen LogP contribution in [0.15, 0.2) is 111 Å². The normalized spacial score (nSPS) is 16.6. The molecule has 2 aliphatic heterocycles. The number of aliphatic hydroxyl groups is 2. The van der Waals surface area contributed by atoms with Gasteiger partial charge >= 0.3 is 0 Å². The van der Waals surface area contributed by atoms with E-state index < -0.39 is 11.7 Å². The summed E-state index contributed by atoms with van der Waals surface area (Å²) in [5, 5.41) is 32.8. The van der Waals surface area contributed by atoms with Crippen LogP contribution in [0.2, 0.25) is 0 Å². The highest BCUT2D eigenvalue weighted by Crippen LogP contribution is 2.34. The van der Waals surface area contributed by atoms with Crippen molar-refractivity contribution < 1.29 is 19.8 Å². The number of aromatic nitrogens is 5. The van der Waals surface area contributed by atoms with Gasteiger partial charge in [0, 0.05) is 109 Å². The van der Waals surface area contributed by atoms with Crippen LogP contribution >= 0.6 is 31.9 Å². The standard InChI is InChI=1S/C54H63Br2N9O5/c1-37(39-9-5-3-6-10-39)29-49(68)63-23-20-54(70,21-24-63)35-64-36-58-50-51(53(64)69)59-60(2)52(50)40-14-12-38(13-15-40)32-57-48(67)11-7-4-8-22-61-25-27-62(28-26-61)33-43(66)34-65-46-18-16-41(55)30-44(46)45-31-42(56)17-19-47(45)65/h3,5-6,9-10,12-19,30-31,36-37,43,66,70H,4,7-8,11,20-29,32-35H2,1-2H3,(H,57,67)/t37-,43-/m1/s1. The van der Waals surface area contributed by atoms with E-state index in [1.807, 2.05) is 59.5 Å². The number of halogens is 2. The highest BCUT2D eigenvalue weighted by molar-refractivity contribution is 9.10. The van der Waals surface area contributed by atoms with Crippen LogP contribution in [0.5, 0.6) is 0 Å². The number of likely N-dealkylation sites (tertiary alicyclic amines) is 1.